The molecular formula is C33H35F3N2O2. The Bertz CT molecular complexity index is 1410. The molecule has 0 bridgehead atoms. The average Bonchev–Trinajstić information content (AvgIpc) is 3.19. The highest BCUT2D eigenvalue weighted by Gasteiger charge is 2.54. The van der Waals surface area contributed by atoms with Gasteiger partial charge in [-0.25, -0.2) is 13.2 Å². The van der Waals surface area contributed by atoms with Gasteiger partial charge in [0, 0.05) is 30.2 Å². The van der Waals surface area contributed by atoms with Gasteiger partial charge in [0.05, 0.1) is 18.2 Å². The lowest BCUT2D eigenvalue weighted by Crippen LogP contribution is -2.46. The maximum atomic E-state index is 14.0. The van der Waals surface area contributed by atoms with Crippen LogP contribution in [0.3, 0.4) is 0 Å². The highest BCUT2D eigenvalue weighted by molar-refractivity contribution is 5.95. The van der Waals surface area contributed by atoms with E-state index in [1.165, 1.54) is 28.2 Å². The zero-order valence-corrected chi connectivity index (χ0v) is 22.8. The van der Waals surface area contributed by atoms with Crippen molar-refractivity contribution in [3.63, 3.8) is 0 Å². The molecule has 210 valence electrons. The van der Waals surface area contributed by atoms with Crippen molar-refractivity contribution in [2.45, 2.75) is 75.9 Å². The molecule has 0 radical (unpaired) electrons. The third-order valence-corrected chi connectivity index (χ3v) is 9.66. The van der Waals surface area contributed by atoms with E-state index in [0.29, 0.717) is 44.2 Å². The molecule has 6 rings (SSSR count). The number of benzene rings is 2. The van der Waals surface area contributed by atoms with Crippen LogP contribution in [0.25, 0.3) is 0 Å². The number of hydrogen-bond acceptors (Lipinski definition) is 3. The van der Waals surface area contributed by atoms with Crippen LogP contribution in [0.5, 0.6) is 0 Å². The molecule has 1 amide bonds. The van der Waals surface area contributed by atoms with Gasteiger partial charge in [-0.15, -0.1) is 0 Å². The van der Waals surface area contributed by atoms with E-state index in [1.54, 1.807) is 24.3 Å². The Morgan fingerprint density at radius 3 is 2.65 bits per heavy atom. The maximum Gasteiger partial charge on any atom is 0.265 e. The lowest BCUT2D eigenvalue weighted by molar-refractivity contribution is -0.0561. The number of likely N-dealkylation sites (tertiary alicyclic amines) is 1. The van der Waals surface area contributed by atoms with E-state index in [9.17, 15) is 23.1 Å². The van der Waals surface area contributed by atoms with E-state index in [0.717, 1.165) is 29.5 Å². The van der Waals surface area contributed by atoms with E-state index in [4.69, 9.17) is 4.99 Å². The molecule has 3 atom stereocenters. The molecule has 2 aromatic rings. The maximum absolute atomic E-state index is 14.0. The summed E-state index contributed by atoms with van der Waals surface area (Å²) in [5.74, 6) is -3.47. The normalized spacial score (nSPS) is 29.2. The number of nitrogens with zero attached hydrogens (tertiary/aromatic N) is 2. The summed E-state index contributed by atoms with van der Waals surface area (Å²) < 4.78 is 41.4. The lowest BCUT2D eigenvalue weighted by atomic mass is 9.64. The zero-order valence-electron chi connectivity index (χ0n) is 22.8. The number of amides is 1. The summed E-state index contributed by atoms with van der Waals surface area (Å²) in [5, 5.41) is 12.1. The average molecular weight is 549 g/mol. The van der Waals surface area contributed by atoms with Gasteiger partial charge in [-0.2, -0.15) is 0 Å². The number of fused-ring (bicyclic) bond motifs is 1. The fraction of sp³-hybridized carbons (Fsp3) is 0.455. The summed E-state index contributed by atoms with van der Waals surface area (Å²) in [6.07, 6.45) is 8.09. The molecule has 3 unspecified atom stereocenters. The highest BCUT2D eigenvalue weighted by Crippen LogP contribution is 2.58. The van der Waals surface area contributed by atoms with Crippen LogP contribution in [0, 0.1) is 11.2 Å². The monoisotopic (exact) mass is 548 g/mol. The molecule has 2 aliphatic heterocycles. The lowest BCUT2D eigenvalue weighted by Gasteiger charge is -2.44. The van der Waals surface area contributed by atoms with E-state index in [-0.39, 0.29) is 24.2 Å². The van der Waals surface area contributed by atoms with Gasteiger partial charge in [0.15, 0.2) is 0 Å². The molecule has 0 aromatic heterocycles. The zero-order chi connectivity index (χ0) is 28.1. The molecule has 2 heterocycles. The summed E-state index contributed by atoms with van der Waals surface area (Å²) in [7, 11) is 0. The Hall–Kier alpha value is -3.19. The van der Waals surface area contributed by atoms with Gasteiger partial charge in [0.2, 0.25) is 0 Å². The molecule has 40 heavy (non-hydrogen) atoms. The van der Waals surface area contributed by atoms with Crippen LogP contribution in [-0.2, 0) is 6.42 Å². The van der Waals surface area contributed by atoms with Gasteiger partial charge in [-0.3, -0.25) is 9.79 Å². The van der Waals surface area contributed by atoms with Gasteiger partial charge in [0.1, 0.15) is 5.82 Å². The first-order chi connectivity index (χ1) is 19.1. The summed E-state index contributed by atoms with van der Waals surface area (Å²) in [6.45, 7) is 1.92. The van der Waals surface area contributed by atoms with Crippen LogP contribution in [0.1, 0.15) is 79.4 Å². The van der Waals surface area contributed by atoms with Gasteiger partial charge in [-0.05, 0) is 85.4 Å². The number of aliphatic imine (C=N–C) groups is 1. The summed E-state index contributed by atoms with van der Waals surface area (Å²) in [5.41, 5.74) is 4.40. The number of aryl methyl sites for hydroxylation is 1. The molecule has 2 aliphatic carbocycles. The van der Waals surface area contributed by atoms with Crippen LogP contribution in [0.4, 0.5) is 13.2 Å². The molecular weight excluding hydrogens is 513 g/mol. The van der Waals surface area contributed by atoms with Gasteiger partial charge in [-0.1, -0.05) is 48.9 Å². The number of alkyl halides is 2. The van der Waals surface area contributed by atoms with Crippen molar-refractivity contribution in [3.8, 4) is 0 Å². The largest absolute Gasteiger partial charge is 0.389 e. The predicted octanol–water partition coefficient (Wildman–Crippen LogP) is 7.00. The molecule has 2 aromatic carbocycles. The molecule has 4 aliphatic rings. The predicted molar refractivity (Wildman–Crippen MR) is 149 cm³/mol. The minimum absolute atomic E-state index is 0.0465. The van der Waals surface area contributed by atoms with Gasteiger partial charge >= 0.3 is 0 Å². The van der Waals surface area contributed by atoms with Crippen LogP contribution >= 0.6 is 0 Å². The topological polar surface area (TPSA) is 52.9 Å². The van der Waals surface area contributed by atoms with Crippen molar-refractivity contribution in [1.82, 2.24) is 4.90 Å². The number of aliphatic hydroxyl groups is 1. The second-order valence-corrected chi connectivity index (χ2v) is 12.2. The molecule has 1 saturated heterocycles. The molecule has 1 N–H and O–H groups in total. The number of allylic oxidation sites excluding steroid dienone is 2. The van der Waals surface area contributed by atoms with Crippen molar-refractivity contribution in [2.24, 2.45) is 10.4 Å². The summed E-state index contributed by atoms with van der Waals surface area (Å²) in [6, 6.07) is 13.7. The number of rotatable bonds is 5. The summed E-state index contributed by atoms with van der Waals surface area (Å²) in [4.78, 5) is 19.3. The fourth-order valence-electron chi connectivity index (χ4n) is 7.15. The molecule has 0 spiro atoms. The smallest absolute Gasteiger partial charge is 0.265 e. The highest BCUT2D eigenvalue weighted by atomic mass is 19.3. The second-order valence-electron chi connectivity index (χ2n) is 12.2. The number of hydrogen-bond donors (Lipinski definition) is 1. The van der Waals surface area contributed by atoms with Crippen LogP contribution in [-0.4, -0.2) is 46.7 Å². The first-order valence-electron chi connectivity index (χ1n) is 14.3. The Kier molecular flexibility index (Phi) is 6.76. The Morgan fingerprint density at radius 2 is 1.88 bits per heavy atom. The quantitative estimate of drug-likeness (QED) is 0.437. The first kappa shape index (κ1) is 27.0. The number of piperidine rings is 1. The van der Waals surface area contributed by atoms with Crippen molar-refractivity contribution in [3.05, 3.63) is 93.8 Å². The minimum Gasteiger partial charge on any atom is -0.389 e. The molecule has 2 fully saturated rings. The summed E-state index contributed by atoms with van der Waals surface area (Å²) >= 11 is 0. The van der Waals surface area contributed by atoms with Crippen molar-refractivity contribution >= 4 is 12.1 Å². The van der Waals surface area contributed by atoms with E-state index >= 15 is 0 Å². The minimum atomic E-state index is -2.85. The molecule has 1 saturated carbocycles. The Labute approximate surface area is 233 Å². The van der Waals surface area contributed by atoms with Crippen molar-refractivity contribution in [1.29, 1.82) is 0 Å². The van der Waals surface area contributed by atoms with E-state index in [1.807, 2.05) is 18.3 Å². The molecule has 4 nitrogen and oxygen atoms in total. The fourth-order valence-corrected chi connectivity index (χ4v) is 7.15. The van der Waals surface area contributed by atoms with Crippen LogP contribution in [0.15, 0.2) is 76.3 Å². The number of carbonyl (C=O) groups is 1. The number of halogens is 3. The Morgan fingerprint density at radius 1 is 1.10 bits per heavy atom. The SMILES string of the molecule is CC12CC3=C(C=C1CCC2(O)CCc1ccccc1C(=O)N1CCCC(F)(F)C1)CC(c1ccc(F)cc1)N=C3. The van der Waals surface area contributed by atoms with Crippen LogP contribution < -0.4 is 0 Å². The standard InChI is InChI=1S/C33H35F3N2O2/c1-31-19-25-20-37-29(23-7-9-27(34)10-8-23)18-24(25)17-26(31)12-15-32(31,40)14-11-22-5-2-3-6-28(22)30(39)38-16-4-13-33(35,36)21-38/h2-3,5-10,17,20,29,40H,4,11-16,18-19,21H2,1H3. The number of carbonyl (C=O) groups excluding carboxylic acids is 1. The van der Waals surface area contributed by atoms with Crippen LogP contribution in [0.2, 0.25) is 0 Å². The van der Waals surface area contributed by atoms with Gasteiger partial charge in [0.25, 0.3) is 11.8 Å². The van der Waals surface area contributed by atoms with Gasteiger partial charge < -0.3 is 10.0 Å². The first-order valence-corrected chi connectivity index (χ1v) is 14.3. The molecule has 7 heteroatoms. The third-order valence-electron chi connectivity index (χ3n) is 9.66. The Balaban J connectivity index is 1.17. The second kappa shape index (κ2) is 10.0. The number of dihydropyridines is 1. The van der Waals surface area contributed by atoms with E-state index < -0.39 is 23.5 Å². The van der Waals surface area contributed by atoms with Crippen molar-refractivity contribution in [2.75, 3.05) is 13.1 Å². The van der Waals surface area contributed by atoms with Crippen molar-refractivity contribution < 1.29 is 23.1 Å². The third kappa shape index (κ3) is 4.83. The van der Waals surface area contributed by atoms with E-state index in [2.05, 4.69) is 13.0 Å².